The molecule has 3 nitrogen and oxygen atoms in total. The fourth-order valence-corrected chi connectivity index (χ4v) is 4.07. The van der Waals surface area contributed by atoms with Crippen molar-refractivity contribution in [3.63, 3.8) is 0 Å². The summed E-state index contributed by atoms with van der Waals surface area (Å²) in [5.74, 6) is 2.48. The lowest BCUT2D eigenvalue weighted by atomic mass is 9.77. The normalized spacial score (nSPS) is 13.2. The molecular weight excluding hydrogens is 432 g/mol. The summed E-state index contributed by atoms with van der Waals surface area (Å²) >= 11 is 6.62. The van der Waals surface area contributed by atoms with Crippen molar-refractivity contribution in [2.75, 3.05) is 6.61 Å². The van der Waals surface area contributed by atoms with Crippen LogP contribution in [0.15, 0.2) is 90.0 Å². The Balaban J connectivity index is 1.69. The summed E-state index contributed by atoms with van der Waals surface area (Å²) in [4.78, 5) is 11.2. The molecule has 33 heavy (non-hydrogen) atoms. The summed E-state index contributed by atoms with van der Waals surface area (Å²) in [6.07, 6.45) is 5.76. The maximum Gasteiger partial charge on any atom is 0.144 e. The van der Waals surface area contributed by atoms with E-state index in [1.165, 1.54) is 11.6 Å². The number of halogens is 1. The number of aldehydes is 1. The van der Waals surface area contributed by atoms with Crippen molar-refractivity contribution in [2.24, 2.45) is 0 Å². The molecule has 3 aromatic carbocycles. The first kappa shape index (κ1) is 24.6. The summed E-state index contributed by atoms with van der Waals surface area (Å²) in [6.45, 7) is 4.86. The summed E-state index contributed by atoms with van der Waals surface area (Å²) < 4.78 is 11.7. The molecule has 172 valence electrons. The molecule has 0 aromatic heterocycles. The molecule has 0 heterocycles. The molecule has 4 heteroatoms. The third-order valence-electron chi connectivity index (χ3n) is 5.73. The Morgan fingerprint density at radius 3 is 2.36 bits per heavy atom. The minimum atomic E-state index is -0.454. The van der Waals surface area contributed by atoms with Crippen LogP contribution in [0.2, 0.25) is 0 Å². The van der Waals surface area contributed by atoms with Crippen LogP contribution in [0.3, 0.4) is 0 Å². The molecule has 0 saturated heterocycles. The average molecular weight is 463 g/mol. The molecule has 0 aliphatic rings. The number of carbonyl (C=O) groups is 1. The van der Waals surface area contributed by atoms with Gasteiger partial charge in [-0.1, -0.05) is 67.9 Å². The van der Waals surface area contributed by atoms with Gasteiger partial charge in [0.15, 0.2) is 0 Å². The van der Waals surface area contributed by atoms with Crippen molar-refractivity contribution in [2.45, 2.75) is 44.9 Å². The highest BCUT2D eigenvalue weighted by Crippen LogP contribution is 2.39. The van der Waals surface area contributed by atoms with Crippen LogP contribution in [-0.2, 0) is 16.6 Å². The zero-order chi connectivity index (χ0) is 23.5. The van der Waals surface area contributed by atoms with Gasteiger partial charge in [-0.25, -0.2) is 0 Å². The number of hydrogen-bond donors (Lipinski definition) is 0. The topological polar surface area (TPSA) is 35.5 Å². The Kier molecular flexibility index (Phi) is 9.14. The zero-order valence-electron chi connectivity index (χ0n) is 19.3. The minimum absolute atomic E-state index is 0.454. The first-order valence-electron chi connectivity index (χ1n) is 11.4. The minimum Gasteiger partial charge on any atom is -0.494 e. The number of hydrogen-bond acceptors (Lipinski definition) is 3. The summed E-state index contributed by atoms with van der Waals surface area (Å²) in [5.41, 5.74) is 1.81. The standard InChI is InChI=1S/C29H31ClO3/c1-3-21-32-25-16-14-24(15-17-25)29(2,28(30)18-20-31)19-8-10-23-9-7-13-27(22-23)33-26-11-5-4-6-12-26/h4-7,9,11-18,20,22H,3,8,10,19,21H2,1-2H3. The van der Waals surface area contributed by atoms with E-state index in [1.54, 1.807) is 0 Å². The molecule has 1 atom stereocenters. The highest BCUT2D eigenvalue weighted by atomic mass is 35.5. The Morgan fingerprint density at radius 2 is 1.67 bits per heavy atom. The van der Waals surface area contributed by atoms with Gasteiger partial charge in [0.05, 0.1) is 6.61 Å². The fraction of sp³-hybridized carbons (Fsp3) is 0.276. The second kappa shape index (κ2) is 12.3. The second-order valence-corrected chi connectivity index (χ2v) is 8.68. The summed E-state index contributed by atoms with van der Waals surface area (Å²) in [5, 5.41) is 0.542. The van der Waals surface area contributed by atoms with Crippen LogP contribution < -0.4 is 9.47 Å². The maximum atomic E-state index is 11.2. The van der Waals surface area contributed by atoms with E-state index in [1.807, 2.05) is 66.7 Å². The van der Waals surface area contributed by atoms with Gasteiger partial charge in [0, 0.05) is 10.4 Å². The number of aryl methyl sites for hydroxylation is 1. The number of rotatable bonds is 12. The lowest BCUT2D eigenvalue weighted by Gasteiger charge is -2.30. The maximum absolute atomic E-state index is 11.2. The van der Waals surface area contributed by atoms with Gasteiger partial charge in [0.1, 0.15) is 23.5 Å². The van der Waals surface area contributed by atoms with Crippen molar-refractivity contribution < 1.29 is 14.3 Å². The van der Waals surface area contributed by atoms with Gasteiger partial charge >= 0.3 is 0 Å². The number of ether oxygens (including phenoxy) is 2. The average Bonchev–Trinajstić information content (AvgIpc) is 2.84. The molecule has 0 radical (unpaired) electrons. The van der Waals surface area contributed by atoms with E-state index in [9.17, 15) is 4.79 Å². The largest absolute Gasteiger partial charge is 0.494 e. The molecule has 3 rings (SSSR count). The Morgan fingerprint density at radius 1 is 0.939 bits per heavy atom. The predicted octanol–water partition coefficient (Wildman–Crippen LogP) is 7.87. The molecule has 0 N–H and O–H groups in total. The van der Waals surface area contributed by atoms with Gasteiger partial charge in [-0.3, -0.25) is 4.79 Å². The van der Waals surface area contributed by atoms with Crippen LogP contribution in [0.1, 0.15) is 44.2 Å². The van der Waals surface area contributed by atoms with Crippen molar-refractivity contribution in [1.29, 1.82) is 0 Å². The van der Waals surface area contributed by atoms with Crippen LogP contribution in [0, 0.1) is 0 Å². The van der Waals surface area contributed by atoms with Crippen molar-refractivity contribution in [3.05, 3.63) is 101 Å². The lowest BCUT2D eigenvalue weighted by Crippen LogP contribution is -2.23. The molecular formula is C29H31ClO3. The van der Waals surface area contributed by atoms with Gasteiger partial charge in [0.25, 0.3) is 0 Å². The third-order valence-corrected chi connectivity index (χ3v) is 6.27. The molecule has 0 amide bonds. The monoisotopic (exact) mass is 462 g/mol. The van der Waals surface area contributed by atoms with Gasteiger partial charge in [-0.15, -0.1) is 0 Å². The van der Waals surface area contributed by atoms with Crippen LogP contribution >= 0.6 is 11.6 Å². The van der Waals surface area contributed by atoms with Crippen LogP contribution in [0.5, 0.6) is 17.2 Å². The Hall–Kier alpha value is -3.04. The van der Waals surface area contributed by atoms with Gasteiger partial charge < -0.3 is 9.47 Å². The van der Waals surface area contributed by atoms with Crippen LogP contribution in [0.4, 0.5) is 0 Å². The quantitative estimate of drug-likeness (QED) is 0.203. The second-order valence-electron chi connectivity index (χ2n) is 8.27. The Labute approximate surface area is 202 Å². The van der Waals surface area contributed by atoms with Gasteiger partial charge in [0.2, 0.25) is 0 Å². The predicted molar refractivity (Wildman–Crippen MR) is 135 cm³/mol. The first-order chi connectivity index (χ1) is 16.0. The molecule has 0 saturated carbocycles. The smallest absolute Gasteiger partial charge is 0.144 e. The van der Waals surface area contributed by atoms with Crippen molar-refractivity contribution in [3.8, 4) is 17.2 Å². The highest BCUT2D eigenvalue weighted by molar-refractivity contribution is 6.31. The molecule has 0 aliphatic heterocycles. The van der Waals surface area contributed by atoms with Gasteiger partial charge in [-0.2, -0.15) is 0 Å². The lowest BCUT2D eigenvalue weighted by molar-refractivity contribution is -0.104. The van der Waals surface area contributed by atoms with E-state index in [2.05, 4.69) is 26.0 Å². The SMILES string of the molecule is CCCOc1ccc(C(C)(CCCc2cccc(Oc3ccccc3)c2)C(Cl)=CC=O)cc1. The van der Waals surface area contributed by atoms with E-state index in [0.29, 0.717) is 11.6 Å². The third kappa shape index (κ3) is 6.97. The molecule has 0 aliphatic carbocycles. The molecule has 0 spiro atoms. The van der Waals surface area contributed by atoms with E-state index < -0.39 is 5.41 Å². The molecule has 0 bridgehead atoms. The summed E-state index contributed by atoms with van der Waals surface area (Å²) in [6, 6.07) is 26.0. The number of para-hydroxylation sites is 1. The van der Waals surface area contributed by atoms with E-state index in [0.717, 1.165) is 54.8 Å². The van der Waals surface area contributed by atoms with Crippen molar-refractivity contribution >= 4 is 17.9 Å². The van der Waals surface area contributed by atoms with E-state index in [4.69, 9.17) is 21.1 Å². The van der Waals surface area contributed by atoms with Gasteiger partial charge in [-0.05, 0) is 79.3 Å². The fourth-order valence-electron chi connectivity index (χ4n) is 3.82. The van der Waals surface area contributed by atoms with Crippen LogP contribution in [-0.4, -0.2) is 12.9 Å². The number of carbonyl (C=O) groups excluding carboxylic acids is 1. The van der Waals surface area contributed by atoms with E-state index >= 15 is 0 Å². The van der Waals surface area contributed by atoms with Crippen molar-refractivity contribution in [1.82, 2.24) is 0 Å². The van der Waals surface area contributed by atoms with E-state index in [-0.39, 0.29) is 0 Å². The molecule has 0 fully saturated rings. The highest BCUT2D eigenvalue weighted by Gasteiger charge is 2.30. The summed E-state index contributed by atoms with van der Waals surface area (Å²) in [7, 11) is 0. The zero-order valence-corrected chi connectivity index (χ0v) is 20.1. The first-order valence-corrected chi connectivity index (χ1v) is 11.8. The number of benzene rings is 3. The number of allylic oxidation sites excluding steroid dienone is 2. The van der Waals surface area contributed by atoms with Crippen LogP contribution in [0.25, 0.3) is 0 Å². The Bertz CT molecular complexity index is 1040. The molecule has 3 aromatic rings. The molecule has 1 unspecified atom stereocenters.